The third-order valence-electron chi connectivity index (χ3n) is 6.37. The van der Waals surface area contributed by atoms with Crippen LogP contribution in [0.25, 0.3) is 11.3 Å². The lowest BCUT2D eigenvalue weighted by molar-refractivity contribution is 0.254. The van der Waals surface area contributed by atoms with E-state index in [2.05, 4.69) is 30.3 Å². The highest BCUT2D eigenvalue weighted by atomic mass is 32.2. The molecule has 0 saturated carbocycles. The SMILES string of the molecule is Cc1cc(Oc2ncccc2-c2ccnc(NC3CNC[C@@H](F)C3)n2)c(F)c(F)c1NS(=O)(=O)Cc1ccccc1. The minimum atomic E-state index is -4.04. The zero-order chi connectivity index (χ0) is 29.0. The summed E-state index contributed by atoms with van der Waals surface area (Å²) in [7, 11) is -4.04. The summed E-state index contributed by atoms with van der Waals surface area (Å²) >= 11 is 0. The summed E-state index contributed by atoms with van der Waals surface area (Å²) in [6.45, 7) is 2.28. The Kier molecular flexibility index (Phi) is 8.36. The Morgan fingerprint density at radius 3 is 2.61 bits per heavy atom. The van der Waals surface area contributed by atoms with Crippen LogP contribution in [0.15, 0.2) is 67.0 Å². The fourth-order valence-corrected chi connectivity index (χ4v) is 5.70. The first-order valence-corrected chi connectivity index (χ1v) is 14.4. The molecule has 2 aromatic carbocycles. The van der Waals surface area contributed by atoms with Gasteiger partial charge in [0.1, 0.15) is 6.17 Å². The van der Waals surface area contributed by atoms with Crippen LogP contribution < -0.4 is 20.1 Å². The second-order valence-electron chi connectivity index (χ2n) is 9.60. The van der Waals surface area contributed by atoms with Gasteiger partial charge in [0.15, 0.2) is 11.6 Å². The van der Waals surface area contributed by atoms with Crippen molar-refractivity contribution in [2.24, 2.45) is 0 Å². The number of nitrogens with zero attached hydrogens (tertiary/aromatic N) is 3. The average molecular weight is 585 g/mol. The first-order valence-electron chi connectivity index (χ1n) is 12.8. The van der Waals surface area contributed by atoms with Crippen molar-refractivity contribution in [3.8, 4) is 22.9 Å². The summed E-state index contributed by atoms with van der Waals surface area (Å²) in [6.07, 6.45) is 2.25. The van der Waals surface area contributed by atoms with Crippen LogP contribution in [0.2, 0.25) is 0 Å². The van der Waals surface area contributed by atoms with Gasteiger partial charge in [0, 0.05) is 37.9 Å². The number of rotatable bonds is 9. The summed E-state index contributed by atoms with van der Waals surface area (Å²) in [6, 6.07) is 14.2. The third kappa shape index (κ3) is 6.92. The number of hydrogen-bond acceptors (Lipinski definition) is 8. The molecule has 1 fully saturated rings. The second kappa shape index (κ2) is 12.1. The Labute approximate surface area is 235 Å². The van der Waals surface area contributed by atoms with E-state index in [1.165, 1.54) is 25.4 Å². The van der Waals surface area contributed by atoms with Crippen LogP contribution in [0.3, 0.4) is 0 Å². The Bertz CT molecular complexity index is 1640. The summed E-state index contributed by atoms with van der Waals surface area (Å²) in [4.78, 5) is 12.8. The molecule has 0 bridgehead atoms. The van der Waals surface area contributed by atoms with Gasteiger partial charge in [-0.05, 0) is 42.3 Å². The molecule has 0 amide bonds. The molecule has 41 heavy (non-hydrogen) atoms. The molecule has 2 atom stereocenters. The molecule has 1 unspecified atom stereocenters. The lowest BCUT2D eigenvalue weighted by Gasteiger charge is -2.26. The summed E-state index contributed by atoms with van der Waals surface area (Å²) in [5.41, 5.74) is 0.841. The molecule has 0 radical (unpaired) electrons. The molecule has 9 nitrogen and oxygen atoms in total. The predicted octanol–water partition coefficient (Wildman–Crippen LogP) is 4.97. The summed E-state index contributed by atoms with van der Waals surface area (Å²) in [5.74, 6) is -3.49. The number of alkyl halides is 1. The number of piperidine rings is 1. The highest BCUT2D eigenvalue weighted by Crippen LogP contribution is 2.36. The van der Waals surface area contributed by atoms with Crippen LogP contribution in [0, 0.1) is 18.6 Å². The van der Waals surface area contributed by atoms with Gasteiger partial charge in [0.25, 0.3) is 0 Å². The van der Waals surface area contributed by atoms with Gasteiger partial charge in [-0.15, -0.1) is 0 Å². The van der Waals surface area contributed by atoms with Crippen molar-refractivity contribution in [3.63, 3.8) is 0 Å². The normalized spacial score (nSPS) is 17.2. The van der Waals surface area contributed by atoms with Gasteiger partial charge < -0.3 is 15.4 Å². The van der Waals surface area contributed by atoms with Gasteiger partial charge in [0.05, 0.1) is 22.7 Å². The van der Waals surface area contributed by atoms with Gasteiger partial charge in [-0.2, -0.15) is 4.39 Å². The van der Waals surface area contributed by atoms with E-state index in [4.69, 9.17) is 4.74 Å². The van der Waals surface area contributed by atoms with Crippen molar-refractivity contribution in [2.75, 3.05) is 23.1 Å². The zero-order valence-electron chi connectivity index (χ0n) is 21.9. The van der Waals surface area contributed by atoms with Gasteiger partial charge in [-0.25, -0.2) is 32.2 Å². The summed E-state index contributed by atoms with van der Waals surface area (Å²) in [5, 5.41) is 6.10. The summed E-state index contributed by atoms with van der Waals surface area (Å²) < 4.78 is 77.3. The van der Waals surface area contributed by atoms with Crippen molar-refractivity contribution in [1.82, 2.24) is 20.3 Å². The number of pyridine rings is 1. The van der Waals surface area contributed by atoms with Gasteiger partial charge in [0.2, 0.25) is 27.7 Å². The van der Waals surface area contributed by atoms with Gasteiger partial charge >= 0.3 is 0 Å². The van der Waals surface area contributed by atoms with Crippen molar-refractivity contribution in [2.45, 2.75) is 31.3 Å². The van der Waals surface area contributed by atoms with Crippen LogP contribution in [-0.2, 0) is 15.8 Å². The van der Waals surface area contributed by atoms with Gasteiger partial charge in [-0.1, -0.05) is 30.3 Å². The molecule has 3 heterocycles. The molecule has 0 spiro atoms. The molecule has 0 aliphatic carbocycles. The molecule has 5 rings (SSSR count). The molecule has 4 aromatic rings. The van der Waals surface area contributed by atoms with E-state index in [9.17, 15) is 12.8 Å². The average Bonchev–Trinajstić information content (AvgIpc) is 2.95. The first kappa shape index (κ1) is 28.3. The Balaban J connectivity index is 1.38. The quantitative estimate of drug-likeness (QED) is 0.252. The minimum absolute atomic E-state index is 0.0598. The van der Waals surface area contributed by atoms with Crippen molar-refractivity contribution >= 4 is 21.7 Å². The number of halogens is 3. The maximum Gasteiger partial charge on any atom is 0.237 e. The number of ether oxygens (including phenoxy) is 1. The van der Waals surface area contributed by atoms with Crippen molar-refractivity contribution in [3.05, 3.63) is 89.8 Å². The van der Waals surface area contributed by atoms with E-state index in [-0.39, 0.29) is 23.4 Å². The molecule has 214 valence electrons. The van der Waals surface area contributed by atoms with Crippen LogP contribution in [0.5, 0.6) is 11.6 Å². The molecule has 1 saturated heterocycles. The maximum atomic E-state index is 15.2. The number of aryl methyl sites for hydroxylation is 1. The fraction of sp³-hybridized carbons (Fsp3) is 0.250. The zero-order valence-corrected chi connectivity index (χ0v) is 22.8. The standard InChI is InChI=1S/C28H27F3N6O3S/c1-17-12-23(24(30)25(31)26(17)37-41(38,39)16-18-6-3-2-4-7-18)40-27-21(8-5-10-33-27)22-9-11-34-28(36-22)35-20-13-19(29)14-32-15-20/h2-12,19-20,32,37H,13-16H2,1H3,(H,34,35,36)/t19-,20?/m0/s1. The predicted molar refractivity (Wildman–Crippen MR) is 149 cm³/mol. The van der Waals surface area contributed by atoms with Crippen LogP contribution in [-0.4, -0.2) is 48.7 Å². The topological polar surface area (TPSA) is 118 Å². The number of aromatic nitrogens is 3. The van der Waals surface area contributed by atoms with E-state index in [0.717, 1.165) is 0 Å². The van der Waals surface area contributed by atoms with Crippen LogP contribution in [0.1, 0.15) is 17.5 Å². The highest BCUT2D eigenvalue weighted by molar-refractivity contribution is 7.91. The van der Waals surface area contributed by atoms with E-state index in [1.54, 1.807) is 48.5 Å². The number of sulfonamides is 1. The van der Waals surface area contributed by atoms with Crippen molar-refractivity contribution < 1.29 is 26.3 Å². The molecular weight excluding hydrogens is 557 g/mol. The van der Waals surface area contributed by atoms with Crippen molar-refractivity contribution in [1.29, 1.82) is 0 Å². The maximum absolute atomic E-state index is 15.2. The molecule has 3 N–H and O–H groups in total. The Morgan fingerprint density at radius 2 is 1.83 bits per heavy atom. The lowest BCUT2D eigenvalue weighted by atomic mass is 10.1. The van der Waals surface area contributed by atoms with E-state index in [0.29, 0.717) is 36.3 Å². The lowest BCUT2D eigenvalue weighted by Crippen LogP contribution is -2.44. The largest absolute Gasteiger partial charge is 0.435 e. The first-order chi connectivity index (χ1) is 19.7. The molecule has 2 aromatic heterocycles. The number of anilines is 2. The van der Waals surface area contributed by atoms with E-state index in [1.807, 2.05) is 0 Å². The third-order valence-corrected chi connectivity index (χ3v) is 7.60. The number of nitrogens with one attached hydrogen (secondary N) is 3. The highest BCUT2D eigenvalue weighted by Gasteiger charge is 2.24. The minimum Gasteiger partial charge on any atom is -0.435 e. The Hall–Kier alpha value is -4.23. The molecule has 13 heteroatoms. The van der Waals surface area contributed by atoms with Gasteiger partial charge in [-0.3, -0.25) is 4.72 Å². The fourth-order valence-electron chi connectivity index (χ4n) is 4.44. The molecule has 1 aliphatic rings. The van der Waals surface area contributed by atoms with Crippen LogP contribution >= 0.6 is 0 Å². The van der Waals surface area contributed by atoms with E-state index < -0.39 is 45.0 Å². The van der Waals surface area contributed by atoms with E-state index >= 15 is 8.78 Å². The Morgan fingerprint density at radius 1 is 1.02 bits per heavy atom. The second-order valence-corrected chi connectivity index (χ2v) is 11.3. The smallest absolute Gasteiger partial charge is 0.237 e. The molecular formula is C28H27F3N6O3S. The molecule has 1 aliphatic heterocycles. The number of hydrogen-bond donors (Lipinski definition) is 3. The number of benzene rings is 2. The monoisotopic (exact) mass is 584 g/mol. The van der Waals surface area contributed by atoms with Crippen LogP contribution in [0.4, 0.5) is 24.8 Å².